The number of hydroxylamine groups is 1. The third-order valence-corrected chi connectivity index (χ3v) is 6.95. The van der Waals surface area contributed by atoms with E-state index in [1.165, 1.54) is 11.6 Å². The fraction of sp³-hybridized carbons (Fsp3) is 0.370. The summed E-state index contributed by atoms with van der Waals surface area (Å²) in [7, 11) is 1.53. The lowest BCUT2D eigenvalue weighted by Crippen LogP contribution is -2.60. The molecule has 0 radical (unpaired) electrons. The molecule has 0 aliphatic carbocycles. The van der Waals surface area contributed by atoms with E-state index in [1.807, 2.05) is 65.6 Å². The molecule has 5 rings (SSSR count). The van der Waals surface area contributed by atoms with Gasteiger partial charge in [-0.15, -0.1) is 5.06 Å². The Balaban J connectivity index is 1.61. The van der Waals surface area contributed by atoms with E-state index in [2.05, 4.69) is 10.3 Å². The highest BCUT2D eigenvalue weighted by Crippen LogP contribution is 2.40. The number of piperidine rings is 1. The van der Waals surface area contributed by atoms with Crippen LogP contribution in [0.15, 0.2) is 65.5 Å². The van der Waals surface area contributed by atoms with Gasteiger partial charge in [0, 0.05) is 39.3 Å². The average Bonchev–Trinajstić information content (AvgIpc) is 3.22. The fourth-order valence-electron chi connectivity index (χ4n) is 5.04. The molecule has 13 heteroatoms. The molecule has 3 N–H and O–H groups in total. The number of hydrogen-bond acceptors (Lipinski definition) is 9. The van der Waals surface area contributed by atoms with Crippen molar-refractivity contribution in [2.24, 2.45) is 12.8 Å². The summed E-state index contributed by atoms with van der Waals surface area (Å²) in [5.74, 6) is -2.49. The van der Waals surface area contributed by atoms with Crippen LogP contribution in [-0.4, -0.2) is 52.0 Å². The van der Waals surface area contributed by atoms with Crippen LogP contribution in [0.4, 0.5) is 30.6 Å². The zero-order valence-corrected chi connectivity index (χ0v) is 21.8. The first-order valence-corrected chi connectivity index (χ1v) is 12.9. The highest BCUT2D eigenvalue weighted by Gasteiger charge is 2.50. The van der Waals surface area contributed by atoms with E-state index in [1.54, 1.807) is 4.90 Å². The van der Waals surface area contributed by atoms with Gasteiger partial charge in [0.15, 0.2) is 12.0 Å². The van der Waals surface area contributed by atoms with E-state index in [4.69, 9.17) is 10.6 Å². The van der Waals surface area contributed by atoms with Crippen molar-refractivity contribution in [2.75, 3.05) is 28.4 Å². The minimum absolute atomic E-state index is 0.0238. The van der Waals surface area contributed by atoms with E-state index in [9.17, 15) is 22.8 Å². The number of aromatic nitrogens is 2. The molecule has 40 heavy (non-hydrogen) atoms. The normalized spacial score (nSPS) is 19.4. The monoisotopic (exact) mass is 557 g/mol. The predicted molar refractivity (Wildman–Crippen MR) is 143 cm³/mol. The molecule has 2 aliphatic heterocycles. The summed E-state index contributed by atoms with van der Waals surface area (Å²) in [5, 5.41) is 3.89. The summed E-state index contributed by atoms with van der Waals surface area (Å²) in [4.78, 5) is 39.0. The molecule has 0 bridgehead atoms. The molecule has 2 aromatic carbocycles. The second kappa shape index (κ2) is 11.2. The number of fused-ring (bicyclic) bond motifs is 1. The van der Waals surface area contributed by atoms with Crippen LogP contribution in [0.5, 0.6) is 0 Å². The minimum atomic E-state index is -5.26. The van der Waals surface area contributed by atoms with Crippen LogP contribution in [0.1, 0.15) is 24.0 Å². The standard InChI is InChI=1S/C27H30F3N7O3/c1-34-23(38)21-22(33-25(34)32-15-18-9-4-2-5-10-18)37(40-24(39)27(28,29)30)26(35-14-8-13-20(31)17-35)36(21)16-19-11-6-3-7-12-19/h2-7,9-12,20,26H,8,13-17,31H2,1H3,(H,32,33). The first-order chi connectivity index (χ1) is 19.1. The van der Waals surface area contributed by atoms with Gasteiger partial charge in [-0.2, -0.15) is 18.2 Å². The number of anilines is 3. The summed E-state index contributed by atoms with van der Waals surface area (Å²) < 4.78 is 41.6. The zero-order valence-electron chi connectivity index (χ0n) is 21.8. The van der Waals surface area contributed by atoms with Crippen molar-refractivity contribution in [1.82, 2.24) is 14.5 Å². The first kappa shape index (κ1) is 27.5. The number of hydrogen-bond donors (Lipinski definition) is 2. The molecule has 2 aliphatic rings. The van der Waals surface area contributed by atoms with Crippen LogP contribution in [-0.2, 0) is 29.8 Å². The number of rotatable bonds is 7. The van der Waals surface area contributed by atoms with Gasteiger partial charge in [-0.1, -0.05) is 60.7 Å². The van der Waals surface area contributed by atoms with Crippen LogP contribution in [0.3, 0.4) is 0 Å². The summed E-state index contributed by atoms with van der Waals surface area (Å²) in [6.07, 6.45) is -4.91. The Labute approximate surface area is 228 Å². The largest absolute Gasteiger partial charge is 0.493 e. The van der Waals surface area contributed by atoms with Crippen molar-refractivity contribution >= 4 is 23.4 Å². The van der Waals surface area contributed by atoms with Gasteiger partial charge in [0.2, 0.25) is 11.8 Å². The number of benzene rings is 2. The smallest absolute Gasteiger partial charge is 0.351 e. The maximum absolute atomic E-state index is 13.8. The van der Waals surface area contributed by atoms with Crippen LogP contribution in [0.2, 0.25) is 0 Å². The number of carbonyl (C=O) groups is 1. The van der Waals surface area contributed by atoms with Gasteiger partial charge in [-0.05, 0) is 24.0 Å². The molecule has 2 unspecified atom stereocenters. The Hall–Kier alpha value is -4.10. The SMILES string of the molecule is Cn1c(NCc2ccccc2)nc2c(c1=O)N(Cc1ccccc1)C(N1CCCC(N)C1)N2OC(=O)C(F)(F)F. The number of halogens is 3. The van der Waals surface area contributed by atoms with Crippen molar-refractivity contribution in [3.63, 3.8) is 0 Å². The lowest BCUT2D eigenvalue weighted by Gasteiger charge is -2.42. The van der Waals surface area contributed by atoms with Crippen LogP contribution in [0, 0.1) is 0 Å². The molecular formula is C27H30F3N7O3. The summed E-state index contributed by atoms with van der Waals surface area (Å²) in [6.45, 7) is 1.25. The quantitative estimate of drug-likeness (QED) is 0.453. The maximum Gasteiger partial charge on any atom is 0.493 e. The Bertz CT molecular complexity index is 1400. The highest BCUT2D eigenvalue weighted by molar-refractivity contribution is 5.80. The van der Waals surface area contributed by atoms with Gasteiger partial charge in [-0.25, -0.2) is 4.79 Å². The number of nitrogens with two attached hydrogens (primary N) is 1. The van der Waals surface area contributed by atoms with E-state index in [-0.39, 0.29) is 30.0 Å². The predicted octanol–water partition coefficient (Wildman–Crippen LogP) is 2.95. The van der Waals surface area contributed by atoms with Crippen LogP contribution in [0.25, 0.3) is 0 Å². The Kier molecular flexibility index (Phi) is 7.68. The molecule has 212 valence electrons. The Morgan fingerprint density at radius 3 is 2.38 bits per heavy atom. The van der Waals surface area contributed by atoms with E-state index in [0.717, 1.165) is 22.6 Å². The first-order valence-electron chi connectivity index (χ1n) is 12.9. The molecule has 0 spiro atoms. The lowest BCUT2D eigenvalue weighted by atomic mass is 10.1. The molecule has 3 heterocycles. The Morgan fingerprint density at radius 1 is 1.10 bits per heavy atom. The van der Waals surface area contributed by atoms with Crippen molar-refractivity contribution in [2.45, 2.75) is 44.4 Å². The van der Waals surface area contributed by atoms with Gasteiger partial charge in [0.05, 0.1) is 0 Å². The molecule has 10 nitrogen and oxygen atoms in total. The molecule has 3 aromatic rings. The molecule has 1 fully saturated rings. The minimum Gasteiger partial charge on any atom is -0.351 e. The third kappa shape index (κ3) is 5.61. The van der Waals surface area contributed by atoms with E-state index < -0.39 is 24.0 Å². The van der Waals surface area contributed by atoms with Crippen molar-refractivity contribution in [1.29, 1.82) is 0 Å². The molecule has 2 atom stereocenters. The van der Waals surface area contributed by atoms with Gasteiger partial charge < -0.3 is 20.8 Å². The van der Waals surface area contributed by atoms with Crippen molar-refractivity contribution in [3.05, 3.63) is 82.1 Å². The van der Waals surface area contributed by atoms with Crippen LogP contribution < -0.4 is 26.6 Å². The van der Waals surface area contributed by atoms with E-state index in [0.29, 0.717) is 26.1 Å². The third-order valence-electron chi connectivity index (χ3n) is 6.95. The van der Waals surface area contributed by atoms with Crippen molar-refractivity contribution in [3.8, 4) is 0 Å². The van der Waals surface area contributed by atoms with Gasteiger partial charge >= 0.3 is 12.1 Å². The number of nitrogens with zero attached hydrogens (tertiary/aromatic N) is 5. The molecule has 0 saturated carbocycles. The van der Waals surface area contributed by atoms with E-state index >= 15 is 0 Å². The zero-order chi connectivity index (χ0) is 28.4. The van der Waals surface area contributed by atoms with Crippen molar-refractivity contribution < 1.29 is 22.8 Å². The number of alkyl halides is 3. The van der Waals surface area contributed by atoms with Gasteiger partial charge in [0.1, 0.15) is 0 Å². The average molecular weight is 558 g/mol. The molecule has 1 aromatic heterocycles. The fourth-order valence-corrected chi connectivity index (χ4v) is 5.04. The second-order valence-electron chi connectivity index (χ2n) is 9.87. The summed E-state index contributed by atoms with van der Waals surface area (Å²) in [6, 6.07) is 18.3. The topological polar surface area (TPSA) is 109 Å². The maximum atomic E-state index is 13.8. The Morgan fingerprint density at radius 2 is 1.75 bits per heavy atom. The molecule has 1 saturated heterocycles. The van der Waals surface area contributed by atoms with Crippen LogP contribution >= 0.6 is 0 Å². The second-order valence-corrected chi connectivity index (χ2v) is 9.87. The summed E-state index contributed by atoms with van der Waals surface area (Å²) in [5.41, 5.74) is 7.45. The number of likely N-dealkylation sites (tertiary alicyclic amines) is 1. The lowest BCUT2D eigenvalue weighted by molar-refractivity contribution is -0.203. The molecule has 0 amide bonds. The summed E-state index contributed by atoms with van der Waals surface area (Å²) >= 11 is 0. The number of nitrogens with one attached hydrogen (secondary N) is 1. The molecular weight excluding hydrogens is 527 g/mol. The highest BCUT2D eigenvalue weighted by atomic mass is 19.4. The van der Waals surface area contributed by atoms with Gasteiger partial charge in [0.25, 0.3) is 5.56 Å². The van der Waals surface area contributed by atoms with Gasteiger partial charge in [-0.3, -0.25) is 14.3 Å². The number of carbonyl (C=O) groups excluding carboxylic acids is 1.